The van der Waals surface area contributed by atoms with Crippen molar-refractivity contribution in [2.45, 2.75) is 26.4 Å². The number of aliphatic imine (C=N–C) groups is 1. The molecule has 6 nitrogen and oxygen atoms in total. The van der Waals surface area contributed by atoms with Gasteiger partial charge in [0, 0.05) is 38.4 Å². The van der Waals surface area contributed by atoms with Crippen molar-refractivity contribution in [3.05, 3.63) is 78.3 Å². The summed E-state index contributed by atoms with van der Waals surface area (Å²) < 4.78 is 7.51. The molecule has 0 aliphatic carbocycles. The highest BCUT2D eigenvalue weighted by atomic mass is 127. The third-order valence-electron chi connectivity index (χ3n) is 3.96. The molecule has 0 aliphatic heterocycles. The van der Waals surface area contributed by atoms with Gasteiger partial charge in [-0.3, -0.25) is 0 Å². The Bertz CT molecular complexity index is 799. The molecule has 27 heavy (non-hydrogen) atoms. The zero-order valence-electron chi connectivity index (χ0n) is 15.5. The second-order valence-electron chi connectivity index (χ2n) is 5.91. The Hall–Kier alpha value is -2.29. The number of hydrogen-bond donors (Lipinski definition) is 2. The smallest absolute Gasteiger partial charge is 0.191 e. The maximum Gasteiger partial charge on any atom is 0.191 e. The number of nitrogens with one attached hydrogen (secondary N) is 2. The minimum Gasteiger partial charge on any atom is -0.467 e. The second kappa shape index (κ2) is 11.4. The number of aromatic nitrogens is 2. The lowest BCUT2D eigenvalue weighted by Gasteiger charge is -2.12. The van der Waals surface area contributed by atoms with Crippen molar-refractivity contribution >= 4 is 29.9 Å². The summed E-state index contributed by atoms with van der Waals surface area (Å²) in [6, 6.07) is 14.2. The normalized spacial score (nSPS) is 11.1. The molecule has 0 aliphatic rings. The molecule has 2 heterocycles. The molecule has 0 fully saturated rings. The molecule has 144 valence electrons. The van der Waals surface area contributed by atoms with Gasteiger partial charge in [-0.25, -0.2) is 9.98 Å². The zero-order valence-corrected chi connectivity index (χ0v) is 17.8. The summed E-state index contributed by atoms with van der Waals surface area (Å²) in [6.07, 6.45) is 6.37. The lowest BCUT2D eigenvalue weighted by molar-refractivity contribution is 0.512. The first-order chi connectivity index (χ1) is 12.8. The summed E-state index contributed by atoms with van der Waals surface area (Å²) in [7, 11) is 0. The van der Waals surface area contributed by atoms with E-state index in [1.807, 2.05) is 30.6 Å². The number of hydrogen-bond acceptors (Lipinski definition) is 3. The van der Waals surface area contributed by atoms with E-state index in [1.165, 1.54) is 5.56 Å². The molecule has 0 atom stereocenters. The predicted molar refractivity (Wildman–Crippen MR) is 118 cm³/mol. The van der Waals surface area contributed by atoms with Crippen molar-refractivity contribution in [1.82, 2.24) is 20.2 Å². The molecular formula is C20H26IN5O. The Morgan fingerprint density at radius 3 is 2.74 bits per heavy atom. The Kier molecular flexibility index (Phi) is 8.90. The fourth-order valence-corrected chi connectivity index (χ4v) is 2.69. The van der Waals surface area contributed by atoms with Crippen molar-refractivity contribution < 1.29 is 4.42 Å². The molecular weight excluding hydrogens is 453 g/mol. The van der Waals surface area contributed by atoms with E-state index >= 15 is 0 Å². The van der Waals surface area contributed by atoms with Crippen molar-refractivity contribution in [2.75, 3.05) is 13.1 Å². The van der Waals surface area contributed by atoms with E-state index in [2.05, 4.69) is 56.4 Å². The number of imidazole rings is 1. The summed E-state index contributed by atoms with van der Waals surface area (Å²) in [5.41, 5.74) is 1.27. The number of rotatable bonds is 8. The Labute approximate surface area is 177 Å². The van der Waals surface area contributed by atoms with Crippen molar-refractivity contribution in [1.29, 1.82) is 0 Å². The number of halogens is 1. The lowest BCUT2D eigenvalue weighted by Crippen LogP contribution is -2.38. The van der Waals surface area contributed by atoms with Gasteiger partial charge in [-0.15, -0.1) is 24.0 Å². The molecule has 0 saturated carbocycles. The van der Waals surface area contributed by atoms with Crippen LogP contribution in [-0.4, -0.2) is 28.6 Å². The fourth-order valence-electron chi connectivity index (χ4n) is 2.69. The van der Waals surface area contributed by atoms with Crippen molar-refractivity contribution in [2.24, 2.45) is 4.99 Å². The molecule has 2 aromatic heterocycles. The average molecular weight is 479 g/mol. The van der Waals surface area contributed by atoms with Crippen molar-refractivity contribution in [3.63, 3.8) is 0 Å². The fraction of sp³-hybridized carbons (Fsp3) is 0.300. The highest BCUT2D eigenvalue weighted by Crippen LogP contribution is 2.06. The Morgan fingerprint density at radius 1 is 1.15 bits per heavy atom. The van der Waals surface area contributed by atoms with Gasteiger partial charge >= 0.3 is 0 Å². The van der Waals surface area contributed by atoms with Gasteiger partial charge in [0.15, 0.2) is 5.96 Å². The van der Waals surface area contributed by atoms with Crippen LogP contribution in [0, 0.1) is 0 Å². The SMILES string of the molecule is CCNC(=NCc1ccco1)NCCc1nccn1Cc1ccccc1.I. The monoisotopic (exact) mass is 479 g/mol. The molecule has 0 bridgehead atoms. The van der Waals surface area contributed by atoms with Gasteiger partial charge in [0.2, 0.25) is 0 Å². The van der Waals surface area contributed by atoms with Gasteiger partial charge in [-0.1, -0.05) is 30.3 Å². The van der Waals surface area contributed by atoms with Gasteiger partial charge in [0.25, 0.3) is 0 Å². The van der Waals surface area contributed by atoms with Crippen LogP contribution >= 0.6 is 24.0 Å². The predicted octanol–water partition coefficient (Wildman–Crippen LogP) is 3.44. The molecule has 1 aromatic carbocycles. The maximum absolute atomic E-state index is 5.32. The summed E-state index contributed by atoms with van der Waals surface area (Å²) in [5, 5.41) is 6.61. The topological polar surface area (TPSA) is 67.4 Å². The first-order valence-corrected chi connectivity index (χ1v) is 8.93. The highest BCUT2D eigenvalue weighted by molar-refractivity contribution is 14.0. The zero-order chi connectivity index (χ0) is 18.0. The van der Waals surface area contributed by atoms with Crippen LogP contribution in [0.15, 0.2) is 70.5 Å². The van der Waals surface area contributed by atoms with Gasteiger partial charge < -0.3 is 19.6 Å². The number of benzene rings is 1. The third-order valence-corrected chi connectivity index (χ3v) is 3.96. The van der Waals surface area contributed by atoms with Crippen LogP contribution in [0.3, 0.4) is 0 Å². The summed E-state index contributed by atoms with van der Waals surface area (Å²) in [4.78, 5) is 9.03. The lowest BCUT2D eigenvalue weighted by atomic mass is 10.2. The molecule has 3 aromatic rings. The molecule has 0 amide bonds. The summed E-state index contributed by atoms with van der Waals surface area (Å²) >= 11 is 0. The summed E-state index contributed by atoms with van der Waals surface area (Å²) in [6.45, 7) is 4.98. The molecule has 7 heteroatoms. The van der Waals surface area contributed by atoms with Crippen LogP contribution in [0.2, 0.25) is 0 Å². The van der Waals surface area contributed by atoms with E-state index in [0.717, 1.165) is 43.6 Å². The number of guanidine groups is 1. The van der Waals surface area contributed by atoms with Crippen LogP contribution < -0.4 is 10.6 Å². The number of nitrogens with zero attached hydrogens (tertiary/aromatic N) is 3. The third kappa shape index (κ3) is 6.74. The van der Waals surface area contributed by atoms with Gasteiger partial charge in [0.1, 0.15) is 18.1 Å². The van der Waals surface area contributed by atoms with Crippen LogP contribution in [0.4, 0.5) is 0 Å². The first kappa shape index (κ1) is 21.0. The van der Waals surface area contributed by atoms with E-state index in [0.29, 0.717) is 6.54 Å². The van der Waals surface area contributed by atoms with Crippen molar-refractivity contribution in [3.8, 4) is 0 Å². The standard InChI is InChI=1S/C20H25N5O.HI/c1-2-21-20(24-15-18-9-6-14-26-18)23-11-10-19-22-12-13-25(19)16-17-7-4-3-5-8-17;/h3-9,12-14H,2,10-11,15-16H2,1H3,(H2,21,23,24);1H. The summed E-state index contributed by atoms with van der Waals surface area (Å²) in [5.74, 6) is 2.69. The van der Waals surface area contributed by atoms with Crippen LogP contribution in [0.25, 0.3) is 0 Å². The minimum atomic E-state index is 0. The van der Waals surface area contributed by atoms with Gasteiger partial charge in [-0.2, -0.15) is 0 Å². The molecule has 0 radical (unpaired) electrons. The van der Waals surface area contributed by atoms with E-state index in [4.69, 9.17) is 4.42 Å². The van der Waals surface area contributed by atoms with E-state index in [9.17, 15) is 0 Å². The second-order valence-corrected chi connectivity index (χ2v) is 5.91. The largest absolute Gasteiger partial charge is 0.467 e. The van der Waals surface area contributed by atoms with Crippen LogP contribution in [0.5, 0.6) is 0 Å². The number of furan rings is 1. The molecule has 0 saturated heterocycles. The van der Waals surface area contributed by atoms with E-state index in [1.54, 1.807) is 6.26 Å². The molecule has 2 N–H and O–H groups in total. The first-order valence-electron chi connectivity index (χ1n) is 8.93. The van der Waals surface area contributed by atoms with Gasteiger partial charge in [0.05, 0.1) is 6.26 Å². The minimum absolute atomic E-state index is 0. The Balaban J connectivity index is 0.00000261. The van der Waals surface area contributed by atoms with Crippen LogP contribution in [-0.2, 0) is 19.5 Å². The van der Waals surface area contributed by atoms with E-state index < -0.39 is 0 Å². The molecule has 0 spiro atoms. The van der Waals surface area contributed by atoms with Crippen LogP contribution in [0.1, 0.15) is 24.1 Å². The Morgan fingerprint density at radius 2 is 2.00 bits per heavy atom. The van der Waals surface area contributed by atoms with Gasteiger partial charge in [-0.05, 0) is 24.6 Å². The molecule has 0 unspecified atom stereocenters. The van der Waals surface area contributed by atoms with E-state index in [-0.39, 0.29) is 24.0 Å². The molecule has 3 rings (SSSR count). The average Bonchev–Trinajstić information content (AvgIpc) is 3.33. The maximum atomic E-state index is 5.32. The highest BCUT2D eigenvalue weighted by Gasteiger charge is 2.05. The quantitative estimate of drug-likeness (QED) is 0.295.